The van der Waals surface area contributed by atoms with Crippen molar-refractivity contribution in [2.24, 2.45) is 0 Å². The molecule has 0 saturated carbocycles. The molecule has 140 valence electrons. The average molecular weight is 372 g/mol. The van der Waals surface area contributed by atoms with Crippen molar-refractivity contribution in [3.05, 3.63) is 59.7 Å². The zero-order valence-corrected chi connectivity index (χ0v) is 16.5. The fourth-order valence-corrected chi connectivity index (χ4v) is 2.65. The Labute approximate surface area is 167 Å². The van der Waals surface area contributed by atoms with Crippen LogP contribution in [0.4, 0.5) is 0 Å². The third-order valence-corrected chi connectivity index (χ3v) is 5.12. The second-order valence-electron chi connectivity index (χ2n) is 7.71. The minimum atomic E-state index is -1.47. The van der Waals surface area contributed by atoms with Crippen molar-refractivity contribution in [2.45, 2.75) is 38.9 Å². The Bertz CT molecular complexity index is 940. The zero-order chi connectivity index (χ0) is 20.4. The maximum absolute atomic E-state index is 9.08. The van der Waals surface area contributed by atoms with Gasteiger partial charge in [-0.3, -0.25) is 0 Å². The van der Waals surface area contributed by atoms with E-state index in [9.17, 15) is 0 Å². The SMILES string of the molecule is CC1(C)OB(c2ccc(C#CC#Cc3ccc(B(O)O)cc3)cc2)OC1(C)C. The summed E-state index contributed by atoms with van der Waals surface area (Å²) < 4.78 is 12.1. The third kappa shape index (κ3) is 4.50. The predicted molar refractivity (Wildman–Crippen MR) is 112 cm³/mol. The lowest BCUT2D eigenvalue weighted by Gasteiger charge is -2.32. The summed E-state index contributed by atoms with van der Waals surface area (Å²) in [7, 11) is -1.85. The van der Waals surface area contributed by atoms with Crippen molar-refractivity contribution >= 4 is 25.2 Å². The molecule has 0 aliphatic carbocycles. The molecule has 4 nitrogen and oxygen atoms in total. The summed E-state index contributed by atoms with van der Waals surface area (Å²) in [5.41, 5.74) is 2.28. The van der Waals surface area contributed by atoms with Gasteiger partial charge in [0.1, 0.15) is 0 Å². The molecule has 1 aliphatic heterocycles. The summed E-state index contributed by atoms with van der Waals surface area (Å²) in [5, 5.41) is 18.2. The van der Waals surface area contributed by atoms with E-state index in [1.54, 1.807) is 24.3 Å². The van der Waals surface area contributed by atoms with E-state index in [1.165, 1.54) is 0 Å². The van der Waals surface area contributed by atoms with Gasteiger partial charge >= 0.3 is 14.2 Å². The predicted octanol–water partition coefficient (Wildman–Crippen LogP) is 1.07. The lowest BCUT2D eigenvalue weighted by molar-refractivity contribution is 0.00578. The molecule has 1 aliphatic rings. The van der Waals surface area contributed by atoms with Crippen LogP contribution in [0.25, 0.3) is 0 Å². The van der Waals surface area contributed by atoms with Crippen LogP contribution in [0.2, 0.25) is 0 Å². The maximum Gasteiger partial charge on any atom is 0.494 e. The van der Waals surface area contributed by atoms with E-state index < -0.39 is 7.12 Å². The van der Waals surface area contributed by atoms with Crippen molar-refractivity contribution in [1.29, 1.82) is 0 Å². The molecule has 0 unspecified atom stereocenters. The first-order chi connectivity index (χ1) is 13.2. The number of hydrogen-bond donors (Lipinski definition) is 2. The van der Waals surface area contributed by atoms with Crippen molar-refractivity contribution in [3.63, 3.8) is 0 Å². The van der Waals surface area contributed by atoms with Crippen LogP contribution >= 0.6 is 0 Å². The van der Waals surface area contributed by atoms with Crippen molar-refractivity contribution in [2.75, 3.05) is 0 Å². The van der Waals surface area contributed by atoms with Gasteiger partial charge in [0.05, 0.1) is 11.2 Å². The fraction of sp³-hybridized carbons (Fsp3) is 0.273. The number of hydrogen-bond acceptors (Lipinski definition) is 4. The summed E-state index contributed by atoms with van der Waals surface area (Å²) in [5.74, 6) is 11.6. The maximum atomic E-state index is 9.08. The molecule has 3 rings (SSSR count). The van der Waals surface area contributed by atoms with E-state index in [-0.39, 0.29) is 18.3 Å². The van der Waals surface area contributed by atoms with E-state index >= 15 is 0 Å². The van der Waals surface area contributed by atoms with Gasteiger partial charge in [-0.25, -0.2) is 0 Å². The highest BCUT2D eigenvalue weighted by molar-refractivity contribution is 6.62. The smallest absolute Gasteiger partial charge is 0.423 e. The van der Waals surface area contributed by atoms with Gasteiger partial charge in [-0.2, -0.15) is 0 Å². The lowest BCUT2D eigenvalue weighted by Crippen LogP contribution is -2.41. The quantitative estimate of drug-likeness (QED) is 0.612. The fourth-order valence-electron chi connectivity index (χ4n) is 2.65. The van der Waals surface area contributed by atoms with Gasteiger partial charge in [0.15, 0.2) is 0 Å². The molecular formula is C22H22B2O4. The largest absolute Gasteiger partial charge is 0.494 e. The van der Waals surface area contributed by atoms with E-state index in [0.29, 0.717) is 5.46 Å². The monoisotopic (exact) mass is 372 g/mol. The van der Waals surface area contributed by atoms with Crippen LogP contribution in [-0.2, 0) is 9.31 Å². The number of rotatable bonds is 2. The third-order valence-electron chi connectivity index (χ3n) is 5.12. The van der Waals surface area contributed by atoms with Crippen molar-refractivity contribution < 1.29 is 19.4 Å². The minimum absolute atomic E-state index is 0.362. The Hall–Kier alpha value is -2.47. The molecule has 0 amide bonds. The van der Waals surface area contributed by atoms with E-state index in [0.717, 1.165) is 16.6 Å². The topological polar surface area (TPSA) is 58.9 Å². The Kier molecular flexibility index (Phi) is 5.70. The Morgan fingerprint density at radius 1 is 0.750 bits per heavy atom. The first-order valence-corrected chi connectivity index (χ1v) is 9.12. The molecule has 28 heavy (non-hydrogen) atoms. The van der Waals surface area contributed by atoms with E-state index in [4.69, 9.17) is 19.4 Å². The molecule has 6 heteroatoms. The van der Waals surface area contributed by atoms with Gasteiger partial charge in [-0.05, 0) is 74.7 Å². The summed E-state index contributed by atoms with van der Waals surface area (Å²) >= 11 is 0. The first-order valence-electron chi connectivity index (χ1n) is 9.12. The van der Waals surface area contributed by atoms with E-state index in [1.807, 2.05) is 52.0 Å². The minimum Gasteiger partial charge on any atom is -0.423 e. The van der Waals surface area contributed by atoms with Crippen molar-refractivity contribution in [3.8, 4) is 23.7 Å². The van der Waals surface area contributed by atoms with Gasteiger partial charge in [-0.1, -0.05) is 36.1 Å². The Balaban J connectivity index is 1.65. The van der Waals surface area contributed by atoms with Crippen LogP contribution in [0.15, 0.2) is 48.5 Å². The molecule has 1 fully saturated rings. The Morgan fingerprint density at radius 2 is 1.18 bits per heavy atom. The first kappa shape index (κ1) is 20.3. The van der Waals surface area contributed by atoms with Crippen LogP contribution in [-0.4, -0.2) is 35.5 Å². The summed E-state index contributed by atoms with van der Waals surface area (Å²) in [6.07, 6.45) is 0. The van der Waals surface area contributed by atoms with Gasteiger partial charge in [0.25, 0.3) is 0 Å². The van der Waals surface area contributed by atoms with Gasteiger partial charge in [0, 0.05) is 11.1 Å². The molecule has 0 atom stereocenters. The molecule has 0 spiro atoms. The summed E-state index contributed by atoms with van der Waals surface area (Å²) in [6, 6.07) is 14.5. The van der Waals surface area contributed by atoms with Crippen LogP contribution in [0, 0.1) is 23.7 Å². The van der Waals surface area contributed by atoms with Crippen LogP contribution in [0.5, 0.6) is 0 Å². The molecule has 0 radical (unpaired) electrons. The highest BCUT2D eigenvalue weighted by Crippen LogP contribution is 2.36. The van der Waals surface area contributed by atoms with Gasteiger partial charge in [-0.15, -0.1) is 0 Å². The van der Waals surface area contributed by atoms with Gasteiger partial charge < -0.3 is 19.4 Å². The number of benzene rings is 2. The molecule has 2 aromatic carbocycles. The standard InChI is InChI=1S/C22H22B2O4/c1-21(2)22(3,4)28-24(27-21)20-15-11-18(12-16-20)8-6-5-7-17-9-13-19(14-10-17)23(25)26/h9-16,25-26H,1-4H3. The highest BCUT2D eigenvalue weighted by atomic mass is 16.7. The molecule has 2 N–H and O–H groups in total. The Morgan fingerprint density at radius 3 is 1.61 bits per heavy atom. The lowest BCUT2D eigenvalue weighted by atomic mass is 9.79. The molecule has 0 bridgehead atoms. The van der Waals surface area contributed by atoms with Gasteiger partial charge in [0.2, 0.25) is 0 Å². The molecule has 0 aromatic heterocycles. The molecule has 2 aromatic rings. The molecule has 1 heterocycles. The highest BCUT2D eigenvalue weighted by Gasteiger charge is 2.51. The summed E-state index contributed by atoms with van der Waals surface area (Å²) in [4.78, 5) is 0. The van der Waals surface area contributed by atoms with Crippen LogP contribution in [0.3, 0.4) is 0 Å². The second kappa shape index (κ2) is 7.87. The molecule has 1 saturated heterocycles. The summed E-state index contributed by atoms with van der Waals surface area (Å²) in [6.45, 7) is 8.13. The second-order valence-corrected chi connectivity index (χ2v) is 7.71. The normalized spacial score (nSPS) is 16.6. The van der Waals surface area contributed by atoms with Crippen LogP contribution < -0.4 is 10.9 Å². The zero-order valence-electron chi connectivity index (χ0n) is 16.5. The molecular weight excluding hydrogens is 350 g/mol. The average Bonchev–Trinajstić information content (AvgIpc) is 2.87. The van der Waals surface area contributed by atoms with Crippen LogP contribution in [0.1, 0.15) is 38.8 Å². The van der Waals surface area contributed by atoms with E-state index in [2.05, 4.69) is 23.7 Å². The van der Waals surface area contributed by atoms with Crippen molar-refractivity contribution in [1.82, 2.24) is 0 Å².